The molecule has 0 radical (unpaired) electrons. The molecule has 0 bridgehead atoms. The second-order valence-electron chi connectivity index (χ2n) is 11.3. The van der Waals surface area contributed by atoms with Crippen LogP contribution in [0.25, 0.3) is 0 Å². The SMILES string of the molecule is CC(C)N1CCCC(O)(c2cccc(CC(C)N3CCN(C(=O)C4(C)COC4)C(C)C3)c2)C1. The van der Waals surface area contributed by atoms with E-state index in [-0.39, 0.29) is 17.4 Å². The van der Waals surface area contributed by atoms with Gasteiger partial charge in [0.1, 0.15) is 5.60 Å². The molecule has 6 heteroatoms. The second kappa shape index (κ2) is 9.65. The number of amides is 1. The Morgan fingerprint density at radius 1 is 1.18 bits per heavy atom. The van der Waals surface area contributed by atoms with Crippen molar-refractivity contribution in [2.75, 3.05) is 45.9 Å². The number of carbonyl (C=O) groups excluding carboxylic acids is 1. The van der Waals surface area contributed by atoms with Crippen molar-refractivity contribution in [2.24, 2.45) is 5.41 Å². The van der Waals surface area contributed by atoms with Gasteiger partial charge in [0, 0.05) is 44.3 Å². The molecule has 6 nitrogen and oxygen atoms in total. The van der Waals surface area contributed by atoms with Gasteiger partial charge in [-0.15, -0.1) is 0 Å². The van der Waals surface area contributed by atoms with E-state index in [9.17, 15) is 9.90 Å². The van der Waals surface area contributed by atoms with Crippen molar-refractivity contribution in [2.45, 2.75) is 77.6 Å². The highest BCUT2D eigenvalue weighted by atomic mass is 16.5. The molecule has 1 aromatic rings. The summed E-state index contributed by atoms with van der Waals surface area (Å²) in [5, 5.41) is 11.5. The van der Waals surface area contributed by atoms with Gasteiger partial charge in [-0.3, -0.25) is 14.6 Å². The van der Waals surface area contributed by atoms with Crippen molar-refractivity contribution in [3.05, 3.63) is 35.4 Å². The summed E-state index contributed by atoms with van der Waals surface area (Å²) in [6, 6.07) is 9.65. The molecule has 3 unspecified atom stereocenters. The summed E-state index contributed by atoms with van der Waals surface area (Å²) in [7, 11) is 0. The van der Waals surface area contributed by atoms with Crippen LogP contribution in [0.3, 0.4) is 0 Å². The molecular formula is C27H43N3O3. The second-order valence-corrected chi connectivity index (χ2v) is 11.3. The Hall–Kier alpha value is -1.47. The number of benzene rings is 1. The summed E-state index contributed by atoms with van der Waals surface area (Å²) in [4.78, 5) is 19.9. The molecule has 3 saturated heterocycles. The summed E-state index contributed by atoms with van der Waals surface area (Å²) in [6.07, 6.45) is 2.80. The van der Waals surface area contributed by atoms with Gasteiger partial charge in [-0.1, -0.05) is 24.3 Å². The lowest BCUT2D eigenvalue weighted by Crippen LogP contribution is -2.62. The van der Waals surface area contributed by atoms with Crippen LogP contribution in [-0.4, -0.2) is 89.8 Å². The maximum absolute atomic E-state index is 13.0. The number of piperazine rings is 1. The van der Waals surface area contributed by atoms with Gasteiger partial charge in [-0.2, -0.15) is 0 Å². The number of nitrogens with zero attached hydrogens (tertiary/aromatic N) is 3. The Labute approximate surface area is 199 Å². The normalized spacial score (nSPS) is 29.7. The van der Waals surface area contributed by atoms with E-state index in [1.807, 2.05) is 6.92 Å². The van der Waals surface area contributed by atoms with Gasteiger partial charge in [-0.05, 0) is 71.6 Å². The van der Waals surface area contributed by atoms with Crippen molar-refractivity contribution in [1.29, 1.82) is 0 Å². The van der Waals surface area contributed by atoms with Crippen molar-refractivity contribution in [3.63, 3.8) is 0 Å². The highest BCUT2D eigenvalue weighted by molar-refractivity contribution is 5.83. The molecule has 4 rings (SSSR count). The van der Waals surface area contributed by atoms with Crippen LogP contribution in [0.5, 0.6) is 0 Å². The largest absolute Gasteiger partial charge is 0.384 e. The third kappa shape index (κ3) is 5.14. The average molecular weight is 458 g/mol. The molecular weight excluding hydrogens is 414 g/mol. The van der Waals surface area contributed by atoms with Crippen LogP contribution in [0.1, 0.15) is 58.6 Å². The smallest absolute Gasteiger partial charge is 0.233 e. The standard InChI is InChI=1S/C27H43N3O3/c1-20(2)29-11-7-10-27(32,17-29)24-9-6-8-23(15-24)14-21(3)28-12-13-30(22(4)16-28)25(31)26(5)18-33-19-26/h6,8-9,15,20-22,32H,7,10-14,16-19H2,1-5H3. The number of β-amino-alcohol motifs (C(OH)–C–C–N with tert-alkyl or cyclic N) is 1. The van der Waals surface area contributed by atoms with Crippen molar-refractivity contribution < 1.29 is 14.6 Å². The van der Waals surface area contributed by atoms with Gasteiger partial charge in [0.05, 0.1) is 18.6 Å². The predicted octanol–water partition coefficient (Wildman–Crippen LogP) is 2.88. The quantitative estimate of drug-likeness (QED) is 0.712. The van der Waals surface area contributed by atoms with Gasteiger partial charge < -0.3 is 14.7 Å². The summed E-state index contributed by atoms with van der Waals surface area (Å²) in [6.45, 7) is 16.3. The first kappa shape index (κ1) is 24.6. The van der Waals surface area contributed by atoms with Gasteiger partial charge >= 0.3 is 0 Å². The van der Waals surface area contributed by atoms with Crippen LogP contribution in [0, 0.1) is 5.41 Å². The van der Waals surface area contributed by atoms with E-state index in [0.29, 0.717) is 31.8 Å². The van der Waals surface area contributed by atoms with Gasteiger partial charge in [0.25, 0.3) is 0 Å². The first-order valence-electron chi connectivity index (χ1n) is 12.8. The third-order valence-corrected chi connectivity index (χ3v) is 8.13. The molecule has 0 saturated carbocycles. The maximum Gasteiger partial charge on any atom is 0.233 e. The Bertz CT molecular complexity index is 840. The molecule has 33 heavy (non-hydrogen) atoms. The number of aliphatic hydroxyl groups is 1. The van der Waals surface area contributed by atoms with Gasteiger partial charge in [0.2, 0.25) is 5.91 Å². The monoisotopic (exact) mass is 457 g/mol. The van der Waals surface area contributed by atoms with E-state index in [0.717, 1.165) is 51.0 Å². The fourth-order valence-electron chi connectivity index (χ4n) is 5.77. The van der Waals surface area contributed by atoms with Crippen LogP contribution >= 0.6 is 0 Å². The Balaban J connectivity index is 1.37. The fraction of sp³-hybridized carbons (Fsp3) is 0.741. The molecule has 1 N–H and O–H groups in total. The molecule has 0 aliphatic carbocycles. The lowest BCUT2D eigenvalue weighted by molar-refractivity contribution is -0.173. The predicted molar refractivity (Wildman–Crippen MR) is 131 cm³/mol. The van der Waals surface area contributed by atoms with Crippen LogP contribution in [0.2, 0.25) is 0 Å². The molecule has 3 heterocycles. The van der Waals surface area contributed by atoms with Crippen molar-refractivity contribution in [3.8, 4) is 0 Å². The van der Waals surface area contributed by atoms with E-state index < -0.39 is 5.60 Å². The van der Waals surface area contributed by atoms with E-state index in [2.05, 4.69) is 66.7 Å². The number of likely N-dealkylation sites (tertiary alicyclic amines) is 1. The highest BCUT2D eigenvalue weighted by Crippen LogP contribution is 2.33. The third-order valence-electron chi connectivity index (χ3n) is 8.13. The number of hydrogen-bond acceptors (Lipinski definition) is 5. The Morgan fingerprint density at radius 2 is 1.94 bits per heavy atom. The van der Waals surface area contributed by atoms with Crippen molar-refractivity contribution in [1.82, 2.24) is 14.7 Å². The molecule has 3 aliphatic heterocycles. The number of ether oxygens (including phenoxy) is 1. The van der Waals surface area contributed by atoms with Crippen LogP contribution in [0.4, 0.5) is 0 Å². The zero-order valence-corrected chi connectivity index (χ0v) is 21.2. The first-order valence-corrected chi connectivity index (χ1v) is 12.8. The molecule has 3 fully saturated rings. The van der Waals surface area contributed by atoms with Gasteiger partial charge in [-0.25, -0.2) is 0 Å². The van der Waals surface area contributed by atoms with E-state index in [1.54, 1.807) is 0 Å². The number of rotatable bonds is 6. The number of hydrogen-bond donors (Lipinski definition) is 1. The summed E-state index contributed by atoms with van der Waals surface area (Å²) < 4.78 is 5.31. The zero-order valence-electron chi connectivity index (χ0n) is 21.2. The average Bonchev–Trinajstić information content (AvgIpc) is 2.77. The minimum atomic E-state index is -0.760. The zero-order chi connectivity index (χ0) is 23.8. The molecule has 3 atom stereocenters. The fourth-order valence-corrected chi connectivity index (χ4v) is 5.77. The van der Waals surface area contributed by atoms with Crippen LogP contribution < -0.4 is 0 Å². The number of piperidine rings is 1. The van der Waals surface area contributed by atoms with Crippen LogP contribution in [0.15, 0.2) is 24.3 Å². The summed E-state index contributed by atoms with van der Waals surface area (Å²) in [5.41, 5.74) is 1.24. The molecule has 0 spiro atoms. The molecule has 1 amide bonds. The lowest BCUT2D eigenvalue weighted by atomic mass is 9.84. The lowest BCUT2D eigenvalue weighted by Gasteiger charge is -2.47. The van der Waals surface area contributed by atoms with Crippen LogP contribution in [-0.2, 0) is 21.6 Å². The topological polar surface area (TPSA) is 56.2 Å². The highest BCUT2D eigenvalue weighted by Gasteiger charge is 2.45. The van der Waals surface area contributed by atoms with E-state index in [1.165, 1.54) is 5.56 Å². The molecule has 3 aliphatic rings. The Kier molecular flexibility index (Phi) is 7.21. The maximum atomic E-state index is 13.0. The summed E-state index contributed by atoms with van der Waals surface area (Å²) in [5.74, 6) is 0.248. The molecule has 1 aromatic carbocycles. The van der Waals surface area contributed by atoms with E-state index >= 15 is 0 Å². The van der Waals surface area contributed by atoms with Gasteiger partial charge in [0.15, 0.2) is 0 Å². The van der Waals surface area contributed by atoms with Crippen molar-refractivity contribution >= 4 is 5.91 Å². The minimum Gasteiger partial charge on any atom is -0.384 e. The molecule has 0 aromatic heterocycles. The number of carbonyl (C=O) groups is 1. The Morgan fingerprint density at radius 3 is 2.58 bits per heavy atom. The molecule has 184 valence electrons. The van der Waals surface area contributed by atoms with E-state index in [4.69, 9.17) is 4.74 Å². The first-order chi connectivity index (χ1) is 15.6. The summed E-state index contributed by atoms with van der Waals surface area (Å²) >= 11 is 0. The minimum absolute atomic E-state index is 0.211.